The first kappa shape index (κ1) is 12.5. The molecule has 1 aromatic carbocycles. The maximum Gasteiger partial charge on any atom is 0.281 e. The van der Waals surface area contributed by atoms with Gasteiger partial charge in [0, 0.05) is 11.1 Å². The van der Waals surface area contributed by atoms with E-state index in [-0.39, 0.29) is 5.91 Å². The fourth-order valence-corrected chi connectivity index (χ4v) is 2.44. The third kappa shape index (κ3) is 1.71. The smallest absolute Gasteiger partial charge is 0.281 e. The number of amides is 1. The van der Waals surface area contributed by atoms with Crippen molar-refractivity contribution < 1.29 is 9.53 Å². The summed E-state index contributed by atoms with van der Waals surface area (Å²) in [4.78, 5) is 16.1. The number of fused-ring (bicyclic) bond motifs is 1. The van der Waals surface area contributed by atoms with Gasteiger partial charge in [0.25, 0.3) is 5.91 Å². The van der Waals surface area contributed by atoms with Crippen molar-refractivity contribution in [1.29, 1.82) is 0 Å². The minimum Gasteiger partial charge on any atom is -0.496 e. The highest BCUT2D eigenvalue weighted by Gasteiger charge is 2.32. The molecule has 0 atom stereocenters. The highest BCUT2D eigenvalue weighted by Crippen LogP contribution is 2.39. The van der Waals surface area contributed by atoms with E-state index >= 15 is 0 Å². The summed E-state index contributed by atoms with van der Waals surface area (Å²) in [5, 5.41) is 8.15. The minimum absolute atomic E-state index is 0.279. The third-order valence-electron chi connectivity index (χ3n) is 3.36. The Morgan fingerprint density at radius 3 is 2.55 bits per heavy atom. The minimum atomic E-state index is -0.279. The Morgan fingerprint density at radius 1 is 1.05 bits per heavy atom. The van der Waals surface area contributed by atoms with E-state index in [2.05, 4.69) is 15.2 Å². The number of allylic oxidation sites excluding steroid dienone is 2. The Labute approximate surface area is 116 Å². The van der Waals surface area contributed by atoms with Gasteiger partial charge in [0.1, 0.15) is 11.4 Å². The molecule has 1 amide bonds. The van der Waals surface area contributed by atoms with Crippen LogP contribution in [0.25, 0.3) is 5.57 Å². The van der Waals surface area contributed by atoms with Gasteiger partial charge in [-0.1, -0.05) is 18.2 Å². The number of benzene rings is 1. The maximum atomic E-state index is 12.0. The van der Waals surface area contributed by atoms with Gasteiger partial charge < -0.3 is 4.74 Å². The predicted molar refractivity (Wildman–Crippen MR) is 75.6 cm³/mol. The molecule has 2 aliphatic rings. The van der Waals surface area contributed by atoms with Gasteiger partial charge in [-0.05, 0) is 19.9 Å². The van der Waals surface area contributed by atoms with Gasteiger partial charge >= 0.3 is 0 Å². The van der Waals surface area contributed by atoms with Crippen LogP contribution in [0.15, 0.2) is 56.5 Å². The summed E-state index contributed by atoms with van der Waals surface area (Å²) in [6.45, 7) is 3.56. The van der Waals surface area contributed by atoms with Crippen molar-refractivity contribution in [2.24, 2.45) is 15.2 Å². The van der Waals surface area contributed by atoms with Gasteiger partial charge in [0.15, 0.2) is 0 Å². The molecule has 0 bridgehead atoms. The quantitative estimate of drug-likeness (QED) is 0.826. The zero-order valence-electron chi connectivity index (χ0n) is 11.5. The molecule has 0 aliphatic carbocycles. The lowest BCUT2D eigenvalue weighted by atomic mass is 9.92. The first-order valence-electron chi connectivity index (χ1n) is 6.24. The predicted octanol–water partition coefficient (Wildman–Crippen LogP) is 3.15. The standard InChI is InChI=1S/C15H13N3O2/c1-8-12(10-6-4-5-7-11(10)20-3)14-13(15(19)16-8)9(2)17-18-14/h4-7H,1-3H3. The molecule has 0 fully saturated rings. The third-order valence-corrected chi connectivity index (χ3v) is 3.36. The first-order chi connectivity index (χ1) is 9.63. The van der Waals surface area contributed by atoms with E-state index in [1.54, 1.807) is 21.0 Å². The molecule has 0 spiro atoms. The molecule has 0 saturated heterocycles. The van der Waals surface area contributed by atoms with Gasteiger partial charge in [-0.15, -0.1) is 5.11 Å². The van der Waals surface area contributed by atoms with Crippen LogP contribution < -0.4 is 4.74 Å². The van der Waals surface area contributed by atoms with E-state index in [1.807, 2.05) is 24.3 Å². The molecule has 1 aromatic rings. The number of methoxy groups -OCH3 is 1. The second-order valence-electron chi connectivity index (χ2n) is 4.59. The van der Waals surface area contributed by atoms with E-state index in [1.165, 1.54) is 0 Å². The number of dihydropyridines is 1. The Bertz CT molecular complexity index is 739. The van der Waals surface area contributed by atoms with E-state index in [9.17, 15) is 4.79 Å². The monoisotopic (exact) mass is 267 g/mol. The molecule has 20 heavy (non-hydrogen) atoms. The molecule has 0 aromatic heterocycles. The van der Waals surface area contributed by atoms with Gasteiger partial charge in [0.2, 0.25) is 0 Å². The summed E-state index contributed by atoms with van der Waals surface area (Å²) in [7, 11) is 1.61. The summed E-state index contributed by atoms with van der Waals surface area (Å²) < 4.78 is 5.39. The molecule has 100 valence electrons. The highest BCUT2D eigenvalue weighted by atomic mass is 16.5. The highest BCUT2D eigenvalue weighted by molar-refractivity contribution is 6.32. The lowest BCUT2D eigenvalue weighted by molar-refractivity contribution is -0.114. The zero-order chi connectivity index (χ0) is 14.3. The summed E-state index contributed by atoms with van der Waals surface area (Å²) in [6, 6.07) is 7.61. The van der Waals surface area contributed by atoms with Crippen molar-refractivity contribution in [1.82, 2.24) is 0 Å². The van der Waals surface area contributed by atoms with Crippen LogP contribution >= 0.6 is 0 Å². The average Bonchev–Trinajstić information content (AvgIpc) is 2.81. The van der Waals surface area contributed by atoms with E-state index in [4.69, 9.17) is 4.74 Å². The van der Waals surface area contributed by atoms with Gasteiger partial charge in [-0.2, -0.15) is 5.11 Å². The molecule has 5 nitrogen and oxygen atoms in total. The van der Waals surface area contributed by atoms with Crippen LogP contribution in [0.1, 0.15) is 19.4 Å². The lowest BCUT2D eigenvalue weighted by Gasteiger charge is -2.17. The van der Waals surface area contributed by atoms with Gasteiger partial charge in [-0.25, -0.2) is 4.99 Å². The molecule has 2 aliphatic heterocycles. The van der Waals surface area contributed by atoms with E-state index in [0.29, 0.717) is 22.7 Å². The molecule has 0 saturated carbocycles. The number of nitrogens with zero attached hydrogens (tertiary/aromatic N) is 3. The maximum absolute atomic E-state index is 12.0. The van der Waals surface area contributed by atoms with E-state index < -0.39 is 0 Å². The SMILES string of the molecule is COc1ccccc1C1=C2N=NC(C)=C2C(=O)N=C1C. The molecule has 0 unspecified atom stereocenters. The van der Waals surface area contributed by atoms with Gasteiger partial charge in [0.05, 0.1) is 24.1 Å². The number of carbonyl (C=O) groups is 1. The fourth-order valence-electron chi connectivity index (χ4n) is 2.44. The normalized spacial score (nSPS) is 17.6. The van der Waals surface area contributed by atoms with Crippen LogP contribution in [0.4, 0.5) is 0 Å². The fraction of sp³-hybridized carbons (Fsp3) is 0.200. The molecule has 0 radical (unpaired) electrons. The number of azo groups is 1. The van der Waals surface area contributed by atoms with Crippen molar-refractivity contribution in [3.63, 3.8) is 0 Å². The summed E-state index contributed by atoms with van der Waals surface area (Å²) >= 11 is 0. The average molecular weight is 267 g/mol. The van der Waals surface area contributed by atoms with Crippen molar-refractivity contribution in [2.75, 3.05) is 7.11 Å². The van der Waals surface area contributed by atoms with Crippen LogP contribution in [0.2, 0.25) is 0 Å². The number of carbonyl (C=O) groups excluding carboxylic acids is 1. The first-order valence-corrected chi connectivity index (χ1v) is 6.24. The number of hydrogen-bond acceptors (Lipinski definition) is 4. The Hall–Kier alpha value is -2.56. The summed E-state index contributed by atoms with van der Waals surface area (Å²) in [5.41, 5.74) is 3.98. The van der Waals surface area contributed by atoms with Gasteiger partial charge in [-0.3, -0.25) is 4.79 Å². The van der Waals surface area contributed by atoms with Crippen LogP contribution in [-0.4, -0.2) is 18.7 Å². The van der Waals surface area contributed by atoms with Crippen molar-refractivity contribution in [3.05, 3.63) is 46.8 Å². The Kier molecular flexibility index (Phi) is 2.82. The van der Waals surface area contributed by atoms with Crippen LogP contribution in [-0.2, 0) is 4.79 Å². The van der Waals surface area contributed by atoms with Crippen LogP contribution in [0, 0.1) is 0 Å². The molecular weight excluding hydrogens is 254 g/mol. The molecule has 5 heteroatoms. The topological polar surface area (TPSA) is 63.4 Å². The molecule has 2 heterocycles. The molecular formula is C15H13N3O2. The Balaban J connectivity index is 2.30. The van der Waals surface area contributed by atoms with Crippen molar-refractivity contribution in [2.45, 2.75) is 13.8 Å². The molecule has 0 N–H and O–H groups in total. The lowest BCUT2D eigenvalue weighted by Crippen LogP contribution is -2.15. The second kappa shape index (κ2) is 4.52. The number of para-hydroxylation sites is 1. The second-order valence-corrected chi connectivity index (χ2v) is 4.59. The molecule has 3 rings (SSSR count). The van der Waals surface area contributed by atoms with Crippen molar-refractivity contribution in [3.8, 4) is 5.75 Å². The number of hydrogen-bond donors (Lipinski definition) is 0. The number of ether oxygens (including phenoxy) is 1. The zero-order valence-corrected chi connectivity index (χ0v) is 11.5. The summed E-state index contributed by atoms with van der Waals surface area (Å²) in [5.74, 6) is 0.441. The Morgan fingerprint density at radius 2 is 1.80 bits per heavy atom. The summed E-state index contributed by atoms with van der Waals surface area (Å²) in [6.07, 6.45) is 0. The van der Waals surface area contributed by atoms with Crippen LogP contribution in [0.3, 0.4) is 0 Å². The van der Waals surface area contributed by atoms with Crippen molar-refractivity contribution >= 4 is 17.2 Å². The van der Waals surface area contributed by atoms with E-state index in [0.717, 1.165) is 16.9 Å². The number of rotatable bonds is 2. The number of aliphatic imine (C=N–C) groups is 1. The van der Waals surface area contributed by atoms with Crippen LogP contribution in [0.5, 0.6) is 5.75 Å². The largest absolute Gasteiger partial charge is 0.496 e.